The average Bonchev–Trinajstić information content (AvgIpc) is 2.55. The first-order chi connectivity index (χ1) is 8.21. The molecule has 102 valence electrons. The Morgan fingerprint density at radius 1 is 1.50 bits per heavy atom. The quantitative estimate of drug-likeness (QED) is 0.705. The van der Waals surface area contributed by atoms with E-state index < -0.39 is 16.2 Å². The molecule has 0 radical (unpaired) electrons. The summed E-state index contributed by atoms with van der Waals surface area (Å²) in [5.41, 5.74) is 0.0287. The maximum absolute atomic E-state index is 11.5. The van der Waals surface area contributed by atoms with E-state index in [2.05, 4.69) is 9.44 Å². The van der Waals surface area contributed by atoms with Crippen LogP contribution in [0.5, 0.6) is 0 Å². The predicted molar refractivity (Wildman–Crippen MR) is 64.4 cm³/mol. The molecule has 0 fully saturated rings. The van der Waals surface area contributed by atoms with Crippen molar-refractivity contribution < 1.29 is 22.7 Å². The Morgan fingerprint density at radius 3 is 2.56 bits per heavy atom. The minimum Gasteiger partial charge on any atom is -0.478 e. The summed E-state index contributed by atoms with van der Waals surface area (Å²) >= 11 is 0. The smallest absolute Gasteiger partial charge is 0.339 e. The SMILES string of the molecule is Cc1oc(CNS(=O)(=O)NC(C)C)cc1C(=O)O. The van der Waals surface area contributed by atoms with Gasteiger partial charge in [-0.25, -0.2) is 4.79 Å². The topological polar surface area (TPSA) is 109 Å². The van der Waals surface area contributed by atoms with Gasteiger partial charge in [0.2, 0.25) is 0 Å². The standard InChI is InChI=1S/C10H16N2O5S/c1-6(2)12-18(15,16)11-5-8-4-9(10(13)14)7(3)17-8/h4,6,11-12H,5H2,1-3H3,(H,13,14). The summed E-state index contributed by atoms with van der Waals surface area (Å²) in [6, 6.07) is 1.07. The van der Waals surface area contributed by atoms with E-state index in [-0.39, 0.29) is 29.7 Å². The third-order valence-corrected chi connectivity index (χ3v) is 3.33. The van der Waals surface area contributed by atoms with Crippen LogP contribution in [0.2, 0.25) is 0 Å². The zero-order valence-corrected chi connectivity index (χ0v) is 11.2. The van der Waals surface area contributed by atoms with E-state index in [0.717, 1.165) is 0 Å². The van der Waals surface area contributed by atoms with Crippen molar-refractivity contribution in [3.63, 3.8) is 0 Å². The van der Waals surface area contributed by atoms with E-state index >= 15 is 0 Å². The molecule has 3 N–H and O–H groups in total. The number of carboxylic acids is 1. The molecule has 0 aromatic carbocycles. The number of aryl methyl sites for hydroxylation is 1. The van der Waals surface area contributed by atoms with Crippen molar-refractivity contribution in [2.24, 2.45) is 0 Å². The highest BCUT2D eigenvalue weighted by atomic mass is 32.2. The Balaban J connectivity index is 2.70. The van der Waals surface area contributed by atoms with Gasteiger partial charge in [-0.1, -0.05) is 0 Å². The number of nitrogens with one attached hydrogen (secondary N) is 2. The Labute approximate surface area is 105 Å². The number of hydrogen-bond donors (Lipinski definition) is 3. The summed E-state index contributed by atoms with van der Waals surface area (Å²) in [6.07, 6.45) is 0. The molecule has 1 aromatic heterocycles. The number of carbonyl (C=O) groups is 1. The minimum absolute atomic E-state index is 0.0287. The van der Waals surface area contributed by atoms with Gasteiger partial charge in [-0.2, -0.15) is 17.9 Å². The lowest BCUT2D eigenvalue weighted by Crippen LogP contribution is -2.39. The molecule has 0 saturated heterocycles. The zero-order valence-electron chi connectivity index (χ0n) is 10.4. The second-order valence-electron chi connectivity index (χ2n) is 4.08. The lowest BCUT2D eigenvalue weighted by molar-refractivity contribution is 0.0695. The van der Waals surface area contributed by atoms with E-state index in [1.807, 2.05) is 0 Å². The van der Waals surface area contributed by atoms with Crippen molar-refractivity contribution in [2.45, 2.75) is 33.4 Å². The summed E-state index contributed by atoms with van der Waals surface area (Å²) in [6.45, 7) is 4.79. The molecule has 0 unspecified atom stereocenters. The number of carboxylic acid groups (broad SMARTS) is 1. The van der Waals surface area contributed by atoms with Crippen LogP contribution in [0.25, 0.3) is 0 Å². The van der Waals surface area contributed by atoms with Crippen LogP contribution in [0.15, 0.2) is 10.5 Å². The molecule has 0 amide bonds. The molecular weight excluding hydrogens is 260 g/mol. The molecule has 0 bridgehead atoms. The Kier molecular flexibility index (Phi) is 4.49. The maximum atomic E-state index is 11.5. The minimum atomic E-state index is -3.61. The van der Waals surface area contributed by atoms with Crippen LogP contribution in [0.3, 0.4) is 0 Å². The average molecular weight is 276 g/mol. The molecule has 1 aromatic rings. The third kappa shape index (κ3) is 4.13. The van der Waals surface area contributed by atoms with Gasteiger partial charge < -0.3 is 9.52 Å². The van der Waals surface area contributed by atoms with Gasteiger partial charge in [0.25, 0.3) is 10.2 Å². The Morgan fingerprint density at radius 2 is 2.11 bits per heavy atom. The monoisotopic (exact) mass is 276 g/mol. The fourth-order valence-electron chi connectivity index (χ4n) is 1.36. The molecule has 8 heteroatoms. The summed E-state index contributed by atoms with van der Waals surface area (Å²) in [4.78, 5) is 10.8. The van der Waals surface area contributed by atoms with E-state index in [4.69, 9.17) is 9.52 Å². The number of rotatable bonds is 6. The number of furan rings is 1. The molecule has 0 aliphatic carbocycles. The molecule has 1 rings (SSSR count). The van der Waals surface area contributed by atoms with E-state index in [1.54, 1.807) is 13.8 Å². The van der Waals surface area contributed by atoms with Gasteiger partial charge in [0.1, 0.15) is 17.1 Å². The molecule has 0 aliphatic rings. The van der Waals surface area contributed by atoms with E-state index in [9.17, 15) is 13.2 Å². The first-order valence-electron chi connectivity index (χ1n) is 5.31. The molecular formula is C10H16N2O5S. The highest BCUT2D eigenvalue weighted by Gasteiger charge is 2.16. The van der Waals surface area contributed by atoms with Crippen molar-refractivity contribution >= 4 is 16.2 Å². The maximum Gasteiger partial charge on any atom is 0.339 e. The Hall–Kier alpha value is -1.38. The summed E-state index contributed by atoms with van der Waals surface area (Å²) in [5.74, 6) is -0.613. The predicted octanol–water partition coefficient (Wildman–Crippen LogP) is 0.619. The first-order valence-corrected chi connectivity index (χ1v) is 6.79. The van der Waals surface area contributed by atoms with E-state index in [1.165, 1.54) is 13.0 Å². The molecule has 0 saturated carbocycles. The van der Waals surface area contributed by atoms with E-state index in [0.29, 0.717) is 0 Å². The molecule has 18 heavy (non-hydrogen) atoms. The number of aromatic carboxylic acids is 1. The lowest BCUT2D eigenvalue weighted by Gasteiger charge is -2.09. The van der Waals surface area contributed by atoms with Gasteiger partial charge in [-0.05, 0) is 26.8 Å². The van der Waals surface area contributed by atoms with Gasteiger partial charge in [0.05, 0.1) is 6.54 Å². The fourth-order valence-corrected chi connectivity index (χ4v) is 2.40. The van der Waals surface area contributed by atoms with Crippen LogP contribution in [0.1, 0.15) is 35.7 Å². The van der Waals surface area contributed by atoms with Crippen molar-refractivity contribution in [1.29, 1.82) is 0 Å². The molecule has 0 aliphatic heterocycles. The lowest BCUT2D eigenvalue weighted by atomic mass is 10.2. The highest BCUT2D eigenvalue weighted by Crippen LogP contribution is 2.14. The van der Waals surface area contributed by atoms with Crippen LogP contribution in [0.4, 0.5) is 0 Å². The largest absolute Gasteiger partial charge is 0.478 e. The first kappa shape index (κ1) is 14.7. The fraction of sp³-hybridized carbons (Fsp3) is 0.500. The van der Waals surface area contributed by atoms with Gasteiger partial charge in [-0.3, -0.25) is 0 Å². The second kappa shape index (κ2) is 5.51. The zero-order chi connectivity index (χ0) is 13.9. The van der Waals surface area contributed by atoms with Crippen LogP contribution >= 0.6 is 0 Å². The van der Waals surface area contributed by atoms with Crippen molar-refractivity contribution in [1.82, 2.24) is 9.44 Å². The molecule has 0 spiro atoms. The normalized spacial score (nSPS) is 12.0. The van der Waals surface area contributed by atoms with Crippen molar-refractivity contribution in [2.75, 3.05) is 0 Å². The van der Waals surface area contributed by atoms with Crippen LogP contribution < -0.4 is 9.44 Å². The number of hydrogen-bond acceptors (Lipinski definition) is 4. The summed E-state index contributed by atoms with van der Waals surface area (Å²) in [5, 5.41) is 8.82. The highest BCUT2D eigenvalue weighted by molar-refractivity contribution is 7.87. The second-order valence-corrected chi connectivity index (χ2v) is 5.62. The summed E-state index contributed by atoms with van der Waals surface area (Å²) in [7, 11) is -3.61. The van der Waals surface area contributed by atoms with Gasteiger partial charge in [0, 0.05) is 6.04 Å². The third-order valence-electron chi connectivity index (χ3n) is 2.03. The van der Waals surface area contributed by atoms with Gasteiger partial charge >= 0.3 is 5.97 Å². The Bertz CT molecular complexity index is 532. The van der Waals surface area contributed by atoms with Gasteiger partial charge in [0.15, 0.2) is 0 Å². The van der Waals surface area contributed by atoms with Crippen LogP contribution in [-0.2, 0) is 16.8 Å². The molecule has 0 atom stereocenters. The summed E-state index contributed by atoms with van der Waals surface area (Å²) < 4.78 is 32.7. The van der Waals surface area contributed by atoms with Crippen LogP contribution in [0, 0.1) is 6.92 Å². The molecule has 1 heterocycles. The van der Waals surface area contributed by atoms with Crippen molar-refractivity contribution in [3.05, 3.63) is 23.2 Å². The molecule has 7 nitrogen and oxygen atoms in total. The van der Waals surface area contributed by atoms with Gasteiger partial charge in [-0.15, -0.1) is 0 Å². The van der Waals surface area contributed by atoms with Crippen molar-refractivity contribution in [3.8, 4) is 0 Å². The van der Waals surface area contributed by atoms with Crippen LogP contribution in [-0.4, -0.2) is 25.5 Å².